The van der Waals surface area contributed by atoms with Gasteiger partial charge in [-0.15, -0.1) is 0 Å². The Bertz CT molecular complexity index is 715. The van der Waals surface area contributed by atoms with Gasteiger partial charge in [0.05, 0.1) is 16.8 Å². The van der Waals surface area contributed by atoms with Crippen LogP contribution in [0.1, 0.15) is 40.1 Å². The van der Waals surface area contributed by atoms with E-state index in [1.807, 2.05) is 12.1 Å². The quantitative estimate of drug-likeness (QED) is 0.801. The van der Waals surface area contributed by atoms with Gasteiger partial charge in [-0.1, -0.05) is 0 Å². The zero-order valence-electron chi connectivity index (χ0n) is 12.1. The van der Waals surface area contributed by atoms with E-state index in [2.05, 4.69) is 27.4 Å². The Labute approximate surface area is 129 Å². The fraction of sp³-hybridized carbons (Fsp3) is 0.294. The summed E-state index contributed by atoms with van der Waals surface area (Å²) in [6.45, 7) is 1.68. The van der Waals surface area contributed by atoms with Crippen molar-refractivity contribution >= 4 is 0 Å². The first-order valence-electron chi connectivity index (χ1n) is 7.26. The Morgan fingerprint density at radius 3 is 2.27 bits per heavy atom. The second-order valence-electron chi connectivity index (χ2n) is 5.34. The first-order chi connectivity index (χ1) is 10.8. The van der Waals surface area contributed by atoms with Crippen LogP contribution in [0.5, 0.6) is 0 Å². The maximum Gasteiger partial charge on any atom is 0.101 e. The fourth-order valence-corrected chi connectivity index (χ4v) is 2.72. The smallest absolute Gasteiger partial charge is 0.101 e. The van der Waals surface area contributed by atoms with Crippen LogP contribution >= 0.6 is 0 Å². The number of rotatable bonds is 0. The molecule has 0 atom stereocenters. The summed E-state index contributed by atoms with van der Waals surface area (Å²) in [6, 6.07) is 8.01. The number of nitriles is 2. The molecular formula is C17H15N5. The van der Waals surface area contributed by atoms with Crippen LogP contribution in [-0.4, -0.2) is 9.97 Å². The van der Waals surface area contributed by atoms with E-state index in [0.717, 1.165) is 37.2 Å². The molecule has 0 saturated heterocycles. The van der Waals surface area contributed by atoms with Crippen molar-refractivity contribution in [1.82, 2.24) is 15.3 Å². The average Bonchev–Trinajstić information content (AvgIpc) is 3.22. The van der Waals surface area contributed by atoms with Crippen molar-refractivity contribution in [3.63, 3.8) is 0 Å². The second-order valence-corrected chi connectivity index (χ2v) is 5.34. The Morgan fingerprint density at radius 1 is 0.864 bits per heavy atom. The molecule has 0 amide bonds. The van der Waals surface area contributed by atoms with Crippen molar-refractivity contribution < 1.29 is 0 Å². The lowest BCUT2D eigenvalue weighted by Crippen LogP contribution is -2.00. The van der Waals surface area contributed by atoms with E-state index in [9.17, 15) is 0 Å². The lowest BCUT2D eigenvalue weighted by molar-refractivity contribution is 0.757. The lowest BCUT2D eigenvalue weighted by Gasteiger charge is -1.95. The molecule has 0 saturated carbocycles. The molecule has 108 valence electrons. The zero-order valence-corrected chi connectivity index (χ0v) is 12.1. The maximum absolute atomic E-state index is 8.58. The largest absolute Gasteiger partial charge is 0.307 e. The van der Waals surface area contributed by atoms with Gasteiger partial charge in [0, 0.05) is 31.2 Å². The van der Waals surface area contributed by atoms with E-state index in [4.69, 9.17) is 10.5 Å². The highest BCUT2D eigenvalue weighted by atomic mass is 14.9. The summed E-state index contributed by atoms with van der Waals surface area (Å²) >= 11 is 0. The van der Waals surface area contributed by atoms with Gasteiger partial charge in [-0.3, -0.25) is 9.97 Å². The van der Waals surface area contributed by atoms with Crippen LogP contribution in [0.2, 0.25) is 0 Å². The van der Waals surface area contributed by atoms with Crippen LogP contribution in [0.25, 0.3) is 0 Å². The third-order valence-corrected chi connectivity index (χ3v) is 3.85. The summed E-state index contributed by atoms with van der Waals surface area (Å²) in [6.07, 6.45) is 6.64. The molecule has 0 aromatic carbocycles. The summed E-state index contributed by atoms with van der Waals surface area (Å²) in [7, 11) is 0. The Balaban J connectivity index is 0.000000131. The highest BCUT2D eigenvalue weighted by Gasteiger charge is 2.12. The molecule has 1 N–H and O–H groups in total. The first kappa shape index (κ1) is 14.2. The molecule has 1 aliphatic heterocycles. The van der Waals surface area contributed by atoms with Gasteiger partial charge in [-0.05, 0) is 42.5 Å². The van der Waals surface area contributed by atoms with Gasteiger partial charge in [0.1, 0.15) is 12.1 Å². The van der Waals surface area contributed by atoms with Crippen LogP contribution in [-0.2, 0) is 25.9 Å². The predicted molar refractivity (Wildman–Crippen MR) is 80.5 cm³/mol. The van der Waals surface area contributed by atoms with Crippen molar-refractivity contribution in [2.75, 3.05) is 0 Å². The van der Waals surface area contributed by atoms with Crippen LogP contribution in [0, 0.1) is 22.7 Å². The van der Waals surface area contributed by atoms with Gasteiger partial charge < -0.3 is 5.32 Å². The van der Waals surface area contributed by atoms with E-state index in [1.165, 1.54) is 17.7 Å². The highest BCUT2D eigenvalue weighted by molar-refractivity contribution is 5.35. The summed E-state index contributed by atoms with van der Waals surface area (Å²) in [5.41, 5.74) is 6.01. The molecule has 2 aromatic rings. The monoisotopic (exact) mass is 289 g/mol. The topological polar surface area (TPSA) is 85.4 Å². The number of nitrogens with zero attached hydrogens (tertiary/aromatic N) is 4. The van der Waals surface area contributed by atoms with E-state index < -0.39 is 0 Å². The fourth-order valence-electron chi connectivity index (χ4n) is 2.72. The molecule has 5 heteroatoms. The summed E-state index contributed by atoms with van der Waals surface area (Å²) < 4.78 is 0. The Morgan fingerprint density at radius 2 is 1.55 bits per heavy atom. The van der Waals surface area contributed by atoms with Gasteiger partial charge in [-0.25, -0.2) is 0 Å². The Hall–Kier alpha value is -2.76. The standard InChI is InChI=1S/C9H8N2.C8H7N3/c10-5-7-4-8-2-1-3-9(8)11-6-7;9-2-6-1-7-4-10-5-8(7)11-3-6/h4,6H,1-3H2;1,3,10H,4-5H2. The van der Waals surface area contributed by atoms with Crippen LogP contribution in [0.4, 0.5) is 0 Å². The number of hydrogen-bond donors (Lipinski definition) is 1. The van der Waals surface area contributed by atoms with Gasteiger partial charge in [0.25, 0.3) is 0 Å². The summed E-state index contributed by atoms with van der Waals surface area (Å²) in [5.74, 6) is 0. The van der Waals surface area contributed by atoms with Gasteiger partial charge >= 0.3 is 0 Å². The summed E-state index contributed by atoms with van der Waals surface area (Å²) in [5, 5.41) is 20.3. The minimum absolute atomic E-state index is 0.646. The molecule has 2 aromatic heterocycles. The molecule has 2 aliphatic rings. The molecule has 3 heterocycles. The van der Waals surface area contributed by atoms with E-state index in [-0.39, 0.29) is 0 Å². The average molecular weight is 289 g/mol. The van der Waals surface area contributed by atoms with Crippen LogP contribution < -0.4 is 5.32 Å². The lowest BCUT2D eigenvalue weighted by atomic mass is 10.2. The number of aromatic nitrogens is 2. The Kier molecular flexibility index (Phi) is 4.09. The molecule has 22 heavy (non-hydrogen) atoms. The van der Waals surface area contributed by atoms with Crippen LogP contribution in [0.3, 0.4) is 0 Å². The third-order valence-electron chi connectivity index (χ3n) is 3.85. The number of nitrogens with one attached hydrogen (secondary N) is 1. The second kappa shape index (κ2) is 6.34. The number of hydrogen-bond acceptors (Lipinski definition) is 5. The number of aryl methyl sites for hydroxylation is 2. The molecule has 4 rings (SSSR count). The molecule has 1 aliphatic carbocycles. The van der Waals surface area contributed by atoms with Crippen molar-refractivity contribution in [3.05, 3.63) is 58.2 Å². The van der Waals surface area contributed by atoms with E-state index >= 15 is 0 Å². The normalized spacial score (nSPS) is 14.1. The van der Waals surface area contributed by atoms with Crippen molar-refractivity contribution in [2.24, 2.45) is 0 Å². The first-order valence-corrected chi connectivity index (χ1v) is 7.26. The van der Waals surface area contributed by atoms with Crippen molar-refractivity contribution in [3.8, 4) is 12.1 Å². The molecule has 0 fully saturated rings. The van der Waals surface area contributed by atoms with Gasteiger partial charge in [0.2, 0.25) is 0 Å². The van der Waals surface area contributed by atoms with E-state index in [0.29, 0.717) is 11.1 Å². The molecule has 0 bridgehead atoms. The molecule has 5 nitrogen and oxygen atoms in total. The van der Waals surface area contributed by atoms with Gasteiger partial charge in [0.15, 0.2) is 0 Å². The maximum atomic E-state index is 8.58. The number of pyridine rings is 2. The van der Waals surface area contributed by atoms with Crippen molar-refractivity contribution in [1.29, 1.82) is 10.5 Å². The highest BCUT2D eigenvalue weighted by Crippen LogP contribution is 2.19. The summed E-state index contributed by atoms with van der Waals surface area (Å²) in [4.78, 5) is 8.35. The minimum atomic E-state index is 0.646. The van der Waals surface area contributed by atoms with E-state index in [1.54, 1.807) is 12.4 Å². The molecule has 0 unspecified atom stereocenters. The van der Waals surface area contributed by atoms with Gasteiger partial charge in [-0.2, -0.15) is 10.5 Å². The number of fused-ring (bicyclic) bond motifs is 2. The van der Waals surface area contributed by atoms with Crippen LogP contribution in [0.15, 0.2) is 24.5 Å². The molecule has 0 radical (unpaired) electrons. The molecule has 0 spiro atoms. The predicted octanol–water partition coefficient (Wildman–Crippen LogP) is 2.00. The third kappa shape index (κ3) is 2.95. The molecular weight excluding hydrogens is 274 g/mol. The SMILES string of the molecule is N#Cc1cnc2c(c1)CCC2.N#Cc1cnc2c(c1)CNC2. The minimum Gasteiger partial charge on any atom is -0.307 e. The zero-order chi connectivity index (χ0) is 15.4. The van der Waals surface area contributed by atoms with Crippen molar-refractivity contribution in [2.45, 2.75) is 32.4 Å².